The molecule has 1 unspecified atom stereocenters. The van der Waals surface area contributed by atoms with Crippen molar-refractivity contribution < 1.29 is 34.4 Å². The molecule has 2 aliphatic carbocycles. The molecule has 0 fully saturated rings. The van der Waals surface area contributed by atoms with Gasteiger partial charge in [-0.05, 0) is 183 Å². The van der Waals surface area contributed by atoms with Gasteiger partial charge in [-0.15, -0.1) is 44.4 Å². The van der Waals surface area contributed by atoms with E-state index in [1.807, 2.05) is 48.8 Å². The molecule has 13 aromatic carbocycles. The number of benzene rings is 13. The second-order valence-electron chi connectivity index (χ2n) is 27.3. The second-order valence-corrected chi connectivity index (χ2v) is 28.0. The molecule has 8 nitrogen and oxygen atoms in total. The smallest absolute Gasteiger partial charge is 0.106 e. The summed E-state index contributed by atoms with van der Waals surface area (Å²) in [4.78, 5) is 30.7. The van der Waals surface area contributed by atoms with E-state index in [4.69, 9.17) is 5.11 Å². The third-order valence-corrected chi connectivity index (χ3v) is 20.2. The Hall–Kier alpha value is -11.5. The summed E-state index contributed by atoms with van der Waals surface area (Å²) in [5.74, 6) is -0.0625. The van der Waals surface area contributed by atoms with Crippen molar-refractivity contribution in [2.45, 2.75) is 39.5 Å². The number of aliphatic hydroxyl groups is 1. The van der Waals surface area contributed by atoms with Gasteiger partial charge >= 0.3 is 26.2 Å². The van der Waals surface area contributed by atoms with Crippen molar-refractivity contribution in [2.75, 3.05) is 11.3 Å². The van der Waals surface area contributed by atoms with Crippen LogP contribution < -0.4 is 4.90 Å². The molecule has 0 aliphatic heterocycles. The van der Waals surface area contributed by atoms with Crippen LogP contribution in [0, 0.1) is 6.07 Å². The first-order valence-electron chi connectivity index (χ1n) is 36.4. The SMILES string of the molecule is CC(=O)C=C(C)O.CC1(C)c2ccccc2-c2ccc(N(c3ccc(-c4ccccc4)cc3)c3ccc(-c4ccc5c(c4)c4ccccc4n5-c4ccccc4)cc3)cc21.[B]PCF.[BiH2].[Ir].[c-]1ccccc1-c1ncnc2c1Cc1ccccc1-2.c1ccc(-c2ccnc3c2ccc2c(-c4ccccc4)ccnc23)cc1. The predicted octanol–water partition coefficient (Wildman–Crippen LogP) is 24.3. The van der Waals surface area contributed by atoms with E-state index in [0.29, 0.717) is 0 Å². The normalized spacial score (nSPS) is 11.9. The maximum Gasteiger partial charge on any atom is 0.106 e. The number of allylic oxidation sites excluding steroid dienone is 2. The minimum Gasteiger partial charge on any atom is -0.285 e. The molecule has 2 aliphatic rings. The van der Waals surface area contributed by atoms with Crippen LogP contribution in [-0.4, -0.2) is 75.6 Å². The van der Waals surface area contributed by atoms with E-state index in [1.54, 1.807) is 6.33 Å². The van der Waals surface area contributed by atoms with E-state index in [2.05, 4.69) is 348 Å². The zero-order chi connectivity index (χ0) is 74.8. The first-order valence-corrected chi connectivity index (χ1v) is 37.7. The number of carbonyl (C=O) groups excluding carboxylic acids is 1. The average Bonchev–Trinajstić information content (AvgIpc) is 1.64. The van der Waals surface area contributed by atoms with Gasteiger partial charge in [-0.25, -0.2) is 9.37 Å². The van der Waals surface area contributed by atoms with E-state index in [-0.39, 0.29) is 78.1 Å². The topological polar surface area (TPSA) is 97.0 Å². The van der Waals surface area contributed by atoms with Gasteiger partial charge in [-0.2, -0.15) is 0 Å². The van der Waals surface area contributed by atoms with Gasteiger partial charge in [-0.3, -0.25) is 19.7 Å². The van der Waals surface area contributed by atoms with Crippen molar-refractivity contribution in [3.63, 3.8) is 0 Å². The summed E-state index contributed by atoms with van der Waals surface area (Å²) in [6.07, 6.45) is 7.10. The van der Waals surface area contributed by atoms with Crippen LogP contribution in [0.25, 0.3) is 127 Å². The van der Waals surface area contributed by atoms with Crippen LogP contribution in [0.2, 0.25) is 0 Å². The van der Waals surface area contributed by atoms with E-state index in [9.17, 15) is 9.18 Å². The summed E-state index contributed by atoms with van der Waals surface area (Å²) in [7, 11) is 4.65. The van der Waals surface area contributed by atoms with Crippen molar-refractivity contribution >= 4 is 109 Å². The molecule has 17 aromatic rings. The molecule has 0 spiro atoms. The molecule has 0 bridgehead atoms. The Bertz CT molecular complexity index is 6030. The zero-order valence-electron chi connectivity index (χ0n) is 61.8. The second kappa shape index (κ2) is 35.5. The predicted molar refractivity (Wildman–Crippen MR) is 462 cm³/mol. The van der Waals surface area contributed by atoms with Crippen molar-refractivity contribution in [2.24, 2.45) is 0 Å². The minimum atomic E-state index is -0.375. The number of para-hydroxylation sites is 2. The fourth-order valence-electron chi connectivity index (χ4n) is 15.1. The number of carbonyl (C=O) groups is 1. The Morgan fingerprint density at radius 1 is 0.486 bits per heavy atom. The number of halogens is 1. The largest absolute Gasteiger partial charge is 0.285 e. The van der Waals surface area contributed by atoms with Gasteiger partial charge in [0.25, 0.3) is 0 Å². The van der Waals surface area contributed by atoms with Crippen LogP contribution >= 0.6 is 8.46 Å². The standard InChI is InChI=1S/C51H38N2.C24H16N2.C17H11N2.C5H8O2.CH3BFP.Bi.Ir.2H/c1-51(2)47-19-11-9-17-43(47)44-31-30-42(34-48(44)51)52(40-26-21-36(22-27-40)35-13-5-3-6-14-35)41-28-23-37(24-29-41)38-25-32-50-46(33-38)45-18-10-12-20-49(45)53(50)39-15-7-4-8-16-39;1-3-7-17(8-4-1)19-13-15-25-23-21(19)11-12-22-20(14-16-26-24(22)23)18-9-5-2-6-10-18;1-2-6-12(7-3-1)16-15-10-13-8-4-5-9-14(13)17(15)19-11-18-16;1-4(6)3-5(2)7;2-4-1-3;;;;/h3-34H,1-2H3;1-16H;1-6,8-9,11H,10H2;3,6H,1-2H3;4H,1H2;;;;/q;;-1;;;;;;. The summed E-state index contributed by atoms with van der Waals surface area (Å²) in [5, 5.41) is 13.1. The van der Waals surface area contributed by atoms with E-state index in [1.165, 1.54) is 131 Å². The molecule has 1 atom stereocenters. The molecule has 542 valence electrons. The minimum absolute atomic E-state index is 0. The van der Waals surface area contributed by atoms with Gasteiger partial charge in [0.2, 0.25) is 0 Å². The molecule has 0 amide bonds. The molecule has 19 rings (SSSR count). The van der Waals surface area contributed by atoms with Gasteiger partial charge in [0.05, 0.1) is 39.9 Å². The molecule has 4 heterocycles. The summed E-state index contributed by atoms with van der Waals surface area (Å²) >= 11 is 0. The number of hydrogen-bond acceptors (Lipinski definition) is 7. The molecular formula is C98H78BBiFIrN6O2P-. The van der Waals surface area contributed by atoms with Crippen molar-refractivity contribution in [3.05, 3.63) is 386 Å². The molecule has 4 aromatic heterocycles. The van der Waals surface area contributed by atoms with Crippen LogP contribution in [0.3, 0.4) is 0 Å². The Kier molecular flexibility index (Phi) is 24.8. The van der Waals surface area contributed by atoms with Crippen molar-refractivity contribution in [3.8, 4) is 83.8 Å². The number of aliphatic hydroxyl groups excluding tert-OH is 1. The van der Waals surface area contributed by atoms with E-state index < -0.39 is 0 Å². The van der Waals surface area contributed by atoms with Crippen LogP contribution in [0.15, 0.2) is 358 Å². The van der Waals surface area contributed by atoms with Gasteiger partial charge in [0.1, 0.15) is 13.9 Å². The maximum absolute atomic E-state index is 10.6. The molecule has 13 heteroatoms. The molecule has 0 saturated carbocycles. The van der Waals surface area contributed by atoms with Crippen LogP contribution in [0.1, 0.15) is 49.9 Å². The third-order valence-electron chi connectivity index (χ3n) is 20.0. The molecule has 111 heavy (non-hydrogen) atoms. The molecule has 0 saturated heterocycles. The van der Waals surface area contributed by atoms with Crippen molar-refractivity contribution in [1.29, 1.82) is 0 Å². The number of hydrogen-bond donors (Lipinski definition) is 1. The van der Waals surface area contributed by atoms with Gasteiger partial charge in [0, 0.05) is 93.8 Å². The van der Waals surface area contributed by atoms with Crippen LogP contribution in [-0.2, 0) is 36.7 Å². The molecule has 1 N–H and O–H groups in total. The average molecular weight is 1830 g/mol. The Morgan fingerprint density at radius 3 is 1.55 bits per heavy atom. The quantitative estimate of drug-likeness (QED) is 0.0344. The third kappa shape index (κ3) is 16.5. The monoisotopic (exact) mass is 1830 g/mol. The first-order chi connectivity index (χ1) is 53.4. The number of fused-ring (bicyclic) bond motifs is 12. The van der Waals surface area contributed by atoms with E-state index in [0.717, 1.165) is 62.2 Å². The molecule has 4 radical (unpaired) electrons. The molecular weight excluding hydrogens is 1760 g/mol. The number of aromatic nitrogens is 5. The van der Waals surface area contributed by atoms with Gasteiger partial charge in [-0.1, -0.05) is 238 Å². The number of anilines is 3. The number of rotatable bonds is 11. The number of pyridine rings is 2. The summed E-state index contributed by atoms with van der Waals surface area (Å²) in [5.41, 5.74) is 30.7. The van der Waals surface area contributed by atoms with Crippen molar-refractivity contribution in [1.82, 2.24) is 24.5 Å². The number of alkyl halides is 1. The fourth-order valence-corrected chi connectivity index (χ4v) is 15.1. The van der Waals surface area contributed by atoms with Crippen LogP contribution in [0.4, 0.5) is 21.5 Å². The first kappa shape index (κ1) is 77.7. The zero-order valence-corrected chi connectivity index (χ0v) is 69.7. The Balaban J connectivity index is 0.000000153. The summed E-state index contributed by atoms with van der Waals surface area (Å²) in [6, 6.07) is 120. The summed E-state index contributed by atoms with van der Waals surface area (Å²) in [6.45, 7) is 7.55. The van der Waals surface area contributed by atoms with Crippen LogP contribution in [0.5, 0.6) is 0 Å². The Morgan fingerprint density at radius 2 is 0.973 bits per heavy atom. The number of ketones is 1. The maximum atomic E-state index is 10.6. The number of nitrogens with zero attached hydrogens (tertiary/aromatic N) is 6. The fraction of sp³-hybridized carbons (Fsp3) is 0.0714. The van der Waals surface area contributed by atoms with Gasteiger partial charge < -0.3 is 14.6 Å². The van der Waals surface area contributed by atoms with E-state index >= 15 is 0 Å². The summed E-state index contributed by atoms with van der Waals surface area (Å²) < 4.78 is 13.0. The Labute approximate surface area is 683 Å². The van der Waals surface area contributed by atoms with Gasteiger partial charge in [0.15, 0.2) is 5.78 Å².